The van der Waals surface area contributed by atoms with E-state index in [1.807, 2.05) is 151 Å². The van der Waals surface area contributed by atoms with Gasteiger partial charge in [-0.1, -0.05) is 156 Å². The molecule has 736 valence electrons. The fourth-order valence-electron chi connectivity index (χ4n) is 24.7. The molecule has 0 N–H and O–H groups in total. The summed E-state index contributed by atoms with van der Waals surface area (Å²) in [4.78, 5) is 103. The fourth-order valence-corrected chi connectivity index (χ4v) is 47.5. The Balaban J connectivity index is 0.000000144. The number of unbranched alkanes of at least 4 members (excludes halogenated alkanes) is 13. The molecule has 9 aromatic heterocycles. The van der Waals surface area contributed by atoms with Crippen LogP contribution in [0.3, 0.4) is 0 Å². The van der Waals surface area contributed by atoms with Gasteiger partial charge in [0.1, 0.15) is 22.6 Å². The monoisotopic (exact) mass is 2040 g/mol. The first-order valence-electron chi connectivity index (χ1n) is 53.0. The van der Waals surface area contributed by atoms with E-state index in [0.717, 1.165) is 66.8 Å². The molecule has 0 radical (unpaired) electrons. The van der Waals surface area contributed by atoms with Crippen LogP contribution >= 0.6 is 68.0 Å². The first-order valence-corrected chi connectivity index (χ1v) is 63.0. The van der Waals surface area contributed by atoms with E-state index in [2.05, 4.69) is 113 Å². The molecule has 1 saturated carbocycles. The molecule has 0 spiro atoms. The SMILES string of the molecule is CCCCC(CC)CC1(C2CCCCC2)c2cc(C)sc2-c2sc(-c3oc(C)c4c3C(=O)N(c3ccc(C)c(C)c3)C4=O)cc21.CCCCCCCCC1(CC(CC)CCCC)c2cc(C)sc2-c2sc(-c3oc(C)c4c3C(=O)N(c3ccc(C)c(C)c3)C4=O)cc21.CCCCCCC[CH2][Ge]1([CH2]C(CC)CCCC)[c]2cc(C)sc2-c2sc(-c3oc(C)c4c3C(=O)N(c3ccc(C)c(C)c3)C4=O)c[c]21. The van der Waals surface area contributed by atoms with E-state index in [9.17, 15) is 28.8 Å². The van der Waals surface area contributed by atoms with Gasteiger partial charge in [-0.25, -0.2) is 9.80 Å². The molecule has 3 aliphatic carbocycles. The van der Waals surface area contributed by atoms with E-state index in [1.54, 1.807) is 48.4 Å². The number of thiophene rings is 6. The van der Waals surface area contributed by atoms with Gasteiger partial charge in [0.25, 0.3) is 23.6 Å². The van der Waals surface area contributed by atoms with Crippen molar-refractivity contribution in [1.29, 1.82) is 0 Å². The summed E-state index contributed by atoms with van der Waals surface area (Å²) in [5.74, 6) is 4.30. The summed E-state index contributed by atoms with van der Waals surface area (Å²) >= 11 is 8.34. The Labute approximate surface area is 854 Å². The van der Waals surface area contributed by atoms with Gasteiger partial charge < -0.3 is 8.83 Å². The zero-order chi connectivity index (χ0) is 98.5. The summed E-state index contributed by atoms with van der Waals surface area (Å²) in [5, 5.41) is 2.69. The van der Waals surface area contributed by atoms with Gasteiger partial charge in [0.2, 0.25) is 0 Å². The summed E-state index contributed by atoms with van der Waals surface area (Å²) in [5.41, 5.74) is 16.9. The van der Waals surface area contributed by atoms with Crippen molar-refractivity contribution in [2.45, 2.75) is 365 Å². The van der Waals surface area contributed by atoms with Gasteiger partial charge in [0, 0.05) is 40.1 Å². The molecule has 12 nitrogen and oxygen atoms in total. The first-order chi connectivity index (χ1) is 67.0. The first kappa shape index (κ1) is 102. The van der Waals surface area contributed by atoms with Crippen LogP contribution in [0.15, 0.2) is 104 Å². The maximum absolute atomic E-state index is 14.1. The molecule has 3 aromatic carbocycles. The number of nitrogens with zero attached hydrogens (tertiary/aromatic N) is 3. The van der Waals surface area contributed by atoms with Crippen molar-refractivity contribution in [3.8, 4) is 61.2 Å². The van der Waals surface area contributed by atoms with E-state index in [1.165, 1.54) is 278 Å². The van der Waals surface area contributed by atoms with Crippen LogP contribution in [-0.2, 0) is 10.8 Å². The molecule has 7 aliphatic rings. The second-order valence-corrected chi connectivity index (χ2v) is 57.7. The van der Waals surface area contributed by atoms with Crippen LogP contribution in [0.25, 0.3) is 61.2 Å². The number of carbonyl (C=O) groups is 6. The molecule has 0 saturated heterocycles. The Morgan fingerprint density at radius 1 is 0.338 bits per heavy atom. The van der Waals surface area contributed by atoms with Crippen molar-refractivity contribution in [2.24, 2.45) is 23.7 Å². The maximum atomic E-state index is 14.1. The van der Waals surface area contributed by atoms with Crippen LogP contribution in [0.2, 0.25) is 10.5 Å². The zero-order valence-corrected chi connectivity index (χ0v) is 93.5. The molecule has 19 rings (SSSR count). The van der Waals surface area contributed by atoms with E-state index in [-0.39, 0.29) is 46.3 Å². The number of benzene rings is 3. The molecule has 6 unspecified atom stereocenters. The van der Waals surface area contributed by atoms with Gasteiger partial charge in [0.15, 0.2) is 11.5 Å². The molecule has 13 heterocycles. The van der Waals surface area contributed by atoms with Gasteiger partial charge in [-0.3, -0.25) is 19.2 Å². The van der Waals surface area contributed by atoms with Gasteiger partial charge >= 0.3 is 294 Å². The number of carbonyl (C=O) groups excluding carboxylic acids is 6. The van der Waals surface area contributed by atoms with Crippen molar-refractivity contribution in [3.05, 3.63) is 212 Å². The average molecular weight is 2040 g/mol. The number of hydrogen-bond acceptors (Lipinski definition) is 15. The van der Waals surface area contributed by atoms with Crippen LogP contribution in [-0.4, -0.2) is 48.7 Å². The van der Waals surface area contributed by atoms with Crippen LogP contribution in [0.4, 0.5) is 17.1 Å². The van der Waals surface area contributed by atoms with Crippen LogP contribution < -0.4 is 23.5 Å². The number of aryl methyl sites for hydroxylation is 12. The Bertz CT molecular complexity index is 6360. The minimum atomic E-state index is -2.79. The minimum absolute atomic E-state index is 0.00485. The van der Waals surface area contributed by atoms with Crippen molar-refractivity contribution >= 4 is 143 Å². The van der Waals surface area contributed by atoms with Crippen LogP contribution in [0, 0.1) is 107 Å². The average Bonchev–Trinajstić information content (AvgIpc) is 1.51. The summed E-state index contributed by atoms with van der Waals surface area (Å²) in [6.07, 6.45) is 40.7. The van der Waals surface area contributed by atoms with Crippen molar-refractivity contribution in [3.63, 3.8) is 0 Å². The molecule has 139 heavy (non-hydrogen) atoms. The summed E-state index contributed by atoms with van der Waals surface area (Å²) < 4.78 is 22.5. The number of anilines is 3. The predicted molar refractivity (Wildman–Crippen MR) is 589 cm³/mol. The molecule has 0 bridgehead atoms. The van der Waals surface area contributed by atoms with E-state index in [4.69, 9.17) is 13.3 Å². The van der Waals surface area contributed by atoms with Gasteiger partial charge in [-0.2, -0.15) is 0 Å². The Morgan fingerprint density at radius 2 is 0.683 bits per heavy atom. The van der Waals surface area contributed by atoms with E-state index in [0.29, 0.717) is 103 Å². The second kappa shape index (κ2) is 42.9. The predicted octanol–water partition coefficient (Wildman–Crippen LogP) is 35.5. The number of rotatable bonds is 39. The third-order valence-corrected chi connectivity index (χ3v) is 51.8. The van der Waals surface area contributed by atoms with Crippen LogP contribution in [0.5, 0.6) is 0 Å². The summed E-state index contributed by atoms with van der Waals surface area (Å²) in [6, 6.07) is 32.1. The van der Waals surface area contributed by atoms with Gasteiger partial charge in [-0.15, -0.1) is 45.3 Å². The molecule has 1 fully saturated rings. The second-order valence-electron chi connectivity index (χ2n) is 42.1. The fraction of sp³-hybridized carbons (Fsp3) is 0.500. The standard InChI is InChI=1S/C41H51NO3S2.C40H51GeNO3S2.C39H45NO3S2/c2*1-8-11-13-14-15-16-20-41(24-29(10-3)17-12-9-2)31-22-27(6)46-37(31)38-32(41)23-33(47-38)36-35-34(28(7)45-36)39(43)42(40(35)44)30-19-18-25(4)26(5)21-30;1-7-9-13-26(8-2)21-39(27-14-11-10-12-15-27)29-19-24(5)44-35(29)36-30(39)20-31(45-36)34-33-32(25(6)43-34)37(41)40(38(33)42)28-17-16-22(3)23(4)18-28/h2*18-19,21-23,29H,8-17,20,24H2,1-7H3;16-20,26-27H,7-15,21H2,1-6H3. The topological polar surface area (TPSA) is 152 Å². The van der Waals surface area contributed by atoms with Crippen LogP contribution in [0.1, 0.15) is 411 Å². The van der Waals surface area contributed by atoms with Crippen molar-refractivity contribution in [2.75, 3.05) is 14.7 Å². The van der Waals surface area contributed by atoms with Crippen molar-refractivity contribution < 1.29 is 42.0 Å². The Hall–Kier alpha value is -8.34. The normalized spacial score (nSPS) is 18.3. The van der Waals surface area contributed by atoms with Crippen molar-refractivity contribution in [1.82, 2.24) is 0 Å². The number of imide groups is 3. The molecule has 6 amide bonds. The zero-order valence-electron chi connectivity index (χ0n) is 86.5. The molecule has 12 aromatic rings. The summed E-state index contributed by atoms with van der Waals surface area (Å²) in [6.45, 7) is 43.1. The molecule has 6 atom stereocenters. The van der Waals surface area contributed by atoms with E-state index < -0.39 is 13.3 Å². The Kier molecular flexibility index (Phi) is 31.5. The molecule has 4 aliphatic heterocycles. The third kappa shape index (κ3) is 18.8. The molecular formula is C120H147GeN3O9S6. The van der Waals surface area contributed by atoms with Gasteiger partial charge in [0.05, 0.1) is 32.3 Å². The Morgan fingerprint density at radius 3 is 1.14 bits per heavy atom. The summed E-state index contributed by atoms with van der Waals surface area (Å²) in [7, 11) is 0. The third-order valence-electron chi connectivity index (χ3n) is 32.8. The number of furan rings is 3. The molecule has 19 heteroatoms. The van der Waals surface area contributed by atoms with Gasteiger partial charge in [-0.05, 0) is 198 Å². The van der Waals surface area contributed by atoms with E-state index >= 15 is 0 Å². The number of fused-ring (bicyclic) bond motifs is 12. The number of hydrogen-bond donors (Lipinski definition) is 0. The number of amides is 6. The molecular weight excluding hydrogens is 1890 g/mol. The quantitative estimate of drug-likeness (QED) is 0.0208.